The fourth-order valence-corrected chi connectivity index (χ4v) is 8.96. The van der Waals surface area contributed by atoms with Crippen LogP contribution in [0, 0.1) is 5.92 Å². The van der Waals surface area contributed by atoms with Gasteiger partial charge in [-0.15, -0.1) is 0 Å². The summed E-state index contributed by atoms with van der Waals surface area (Å²) in [6, 6.07) is 1.21. The molecule has 3 aliphatic rings. The lowest BCUT2D eigenvalue weighted by atomic mass is 9.82. The van der Waals surface area contributed by atoms with E-state index in [-0.39, 0.29) is 24.1 Å². The summed E-state index contributed by atoms with van der Waals surface area (Å²) in [4.78, 5) is 11.6. The molecule has 9 heteroatoms. The van der Waals surface area contributed by atoms with Gasteiger partial charge in [0.25, 0.3) is 0 Å². The van der Waals surface area contributed by atoms with E-state index >= 15 is 0 Å². The number of aliphatic hydroxyl groups excluding tert-OH is 1. The zero-order valence-corrected chi connectivity index (χ0v) is 24.1. The molecule has 0 aromatic heterocycles. The predicted molar refractivity (Wildman–Crippen MR) is 152 cm³/mol. The minimum atomic E-state index is -1.21. The summed E-state index contributed by atoms with van der Waals surface area (Å²) in [5.41, 5.74) is -1.27. The minimum absolute atomic E-state index is 0.0622. The van der Waals surface area contributed by atoms with E-state index in [0.717, 1.165) is 56.6 Å². The second-order valence-corrected chi connectivity index (χ2v) is 14.6. The van der Waals surface area contributed by atoms with Crippen molar-refractivity contribution in [3.63, 3.8) is 0 Å². The zero-order valence-electron chi connectivity index (χ0n) is 22.5. The normalized spacial score (nSPS) is 38.6. The standard InChI is InChI=1S/C27H51N3O4S2/c1-20-24(31)11-10-22(30-20)9-7-5-3-4-6-8-21-14-27(34,16-25(32)33)19-29-26(2)12-13-28-23(15-26)18-36-35-17-21/h20-24,28-31,34H,3-19H2,1-2H3,(H,32,33). The van der Waals surface area contributed by atoms with Gasteiger partial charge in [0.15, 0.2) is 0 Å². The Labute approximate surface area is 226 Å². The number of nitrogens with one attached hydrogen (secondary N) is 3. The summed E-state index contributed by atoms with van der Waals surface area (Å²) < 4.78 is 0. The number of carboxylic acid groups (broad SMARTS) is 1. The van der Waals surface area contributed by atoms with Crippen molar-refractivity contribution in [2.75, 3.05) is 24.6 Å². The lowest BCUT2D eigenvalue weighted by molar-refractivity contribution is -0.143. The molecule has 210 valence electrons. The highest BCUT2D eigenvalue weighted by atomic mass is 33.1. The second-order valence-electron chi connectivity index (χ2n) is 12.1. The van der Waals surface area contributed by atoms with Crippen LogP contribution in [0.1, 0.15) is 97.3 Å². The Bertz CT molecular complexity index is 675. The van der Waals surface area contributed by atoms with Gasteiger partial charge in [-0.2, -0.15) is 0 Å². The average molecular weight is 546 g/mol. The molecule has 7 nitrogen and oxygen atoms in total. The highest BCUT2D eigenvalue weighted by molar-refractivity contribution is 8.76. The Morgan fingerprint density at radius 1 is 1.03 bits per heavy atom. The van der Waals surface area contributed by atoms with Crippen LogP contribution in [0.3, 0.4) is 0 Å². The highest BCUT2D eigenvalue weighted by Gasteiger charge is 2.38. The molecule has 7 atom stereocenters. The maximum atomic E-state index is 11.6. The van der Waals surface area contributed by atoms with E-state index < -0.39 is 11.6 Å². The third kappa shape index (κ3) is 10.6. The van der Waals surface area contributed by atoms with E-state index in [1.165, 1.54) is 32.1 Å². The fourth-order valence-electron chi connectivity index (χ4n) is 6.24. The van der Waals surface area contributed by atoms with Gasteiger partial charge in [-0.3, -0.25) is 4.79 Å². The first-order valence-electron chi connectivity index (χ1n) is 14.3. The largest absolute Gasteiger partial charge is 0.481 e. The van der Waals surface area contributed by atoms with Crippen molar-refractivity contribution in [2.24, 2.45) is 5.92 Å². The predicted octanol–water partition coefficient (Wildman–Crippen LogP) is 3.93. The van der Waals surface area contributed by atoms with Gasteiger partial charge in [-0.25, -0.2) is 0 Å². The van der Waals surface area contributed by atoms with Crippen LogP contribution in [0.5, 0.6) is 0 Å². The Hall–Kier alpha value is -0.0300. The Morgan fingerprint density at radius 3 is 2.50 bits per heavy atom. The lowest BCUT2D eigenvalue weighted by Crippen LogP contribution is -2.58. The number of rotatable bonds is 10. The van der Waals surface area contributed by atoms with Crippen LogP contribution < -0.4 is 16.0 Å². The molecule has 0 aromatic rings. The number of fused-ring (bicyclic) bond motifs is 2. The van der Waals surface area contributed by atoms with Crippen LogP contribution in [-0.4, -0.2) is 81.3 Å². The quantitative estimate of drug-likeness (QED) is 0.180. The molecule has 2 bridgehead atoms. The van der Waals surface area contributed by atoms with E-state index in [1.54, 1.807) is 0 Å². The molecule has 7 unspecified atom stereocenters. The first-order chi connectivity index (χ1) is 17.2. The van der Waals surface area contributed by atoms with Crippen molar-refractivity contribution in [1.82, 2.24) is 16.0 Å². The van der Waals surface area contributed by atoms with Crippen LogP contribution in [-0.2, 0) is 4.79 Å². The maximum Gasteiger partial charge on any atom is 0.306 e. The van der Waals surface area contributed by atoms with Gasteiger partial charge in [-0.1, -0.05) is 53.7 Å². The van der Waals surface area contributed by atoms with E-state index in [2.05, 4.69) is 29.8 Å². The Balaban J connectivity index is 1.43. The van der Waals surface area contributed by atoms with Crippen LogP contribution >= 0.6 is 21.6 Å². The van der Waals surface area contributed by atoms with E-state index in [9.17, 15) is 20.1 Å². The molecule has 0 aliphatic carbocycles. The van der Waals surface area contributed by atoms with Crippen molar-refractivity contribution in [3.05, 3.63) is 0 Å². The summed E-state index contributed by atoms with van der Waals surface area (Å²) in [5.74, 6) is 1.46. The fraction of sp³-hybridized carbons (Fsp3) is 0.963. The molecule has 0 radical (unpaired) electrons. The van der Waals surface area contributed by atoms with Crippen LogP contribution in [0.15, 0.2) is 0 Å². The minimum Gasteiger partial charge on any atom is -0.481 e. The summed E-state index contributed by atoms with van der Waals surface area (Å²) in [6.07, 6.45) is 12.4. The average Bonchev–Trinajstić information content (AvgIpc) is 2.81. The third-order valence-corrected chi connectivity index (χ3v) is 11.1. The molecule has 36 heavy (non-hydrogen) atoms. The molecule has 0 amide bonds. The van der Waals surface area contributed by atoms with Gasteiger partial charge in [0.05, 0.1) is 18.1 Å². The van der Waals surface area contributed by atoms with Crippen molar-refractivity contribution in [1.29, 1.82) is 0 Å². The maximum absolute atomic E-state index is 11.6. The number of hydrogen-bond acceptors (Lipinski definition) is 8. The van der Waals surface area contributed by atoms with Crippen molar-refractivity contribution in [3.8, 4) is 0 Å². The van der Waals surface area contributed by atoms with Crippen LogP contribution in [0.4, 0.5) is 0 Å². The molecule has 3 fully saturated rings. The topological polar surface area (TPSA) is 114 Å². The molecule has 0 aromatic carbocycles. The molecule has 3 saturated heterocycles. The summed E-state index contributed by atoms with van der Waals surface area (Å²) in [5, 5.41) is 41.6. The SMILES string of the molecule is CC1NC(CCCCCCCC2CSSCC3CC(C)(CCN3)NCC(O)(CC(=O)O)C2)CCC1O. The number of β-amino-alcohol motifs (C(OH)–C–C–N with tert-alkyl or cyclic N) is 1. The van der Waals surface area contributed by atoms with Crippen LogP contribution in [0.25, 0.3) is 0 Å². The van der Waals surface area contributed by atoms with E-state index in [4.69, 9.17) is 0 Å². The molecule has 0 spiro atoms. The van der Waals surface area contributed by atoms with Gasteiger partial charge in [0.1, 0.15) is 0 Å². The molecule has 0 saturated carbocycles. The molecule has 6 N–H and O–H groups in total. The first-order valence-corrected chi connectivity index (χ1v) is 16.8. The zero-order chi connectivity index (χ0) is 26.0. The smallest absolute Gasteiger partial charge is 0.306 e. The second kappa shape index (κ2) is 14.9. The summed E-state index contributed by atoms with van der Waals surface area (Å²) >= 11 is 0. The molecule has 3 aliphatic heterocycles. The van der Waals surface area contributed by atoms with Gasteiger partial charge >= 0.3 is 5.97 Å². The van der Waals surface area contributed by atoms with E-state index in [0.29, 0.717) is 31.0 Å². The molecular weight excluding hydrogens is 494 g/mol. The molecular formula is C27H51N3O4S2. The Morgan fingerprint density at radius 2 is 1.75 bits per heavy atom. The number of aliphatic carboxylic acids is 1. The third-order valence-electron chi connectivity index (χ3n) is 8.51. The van der Waals surface area contributed by atoms with Crippen molar-refractivity contribution >= 4 is 27.6 Å². The lowest BCUT2D eigenvalue weighted by Gasteiger charge is -2.43. The number of hydrogen-bond donors (Lipinski definition) is 6. The highest BCUT2D eigenvalue weighted by Crippen LogP contribution is 2.35. The van der Waals surface area contributed by atoms with Gasteiger partial charge in [0, 0.05) is 41.7 Å². The number of unbranched alkanes of at least 4 members (excludes halogenated alkanes) is 4. The van der Waals surface area contributed by atoms with Gasteiger partial charge in [0.2, 0.25) is 0 Å². The van der Waals surface area contributed by atoms with Gasteiger partial charge < -0.3 is 31.3 Å². The van der Waals surface area contributed by atoms with Crippen molar-refractivity contribution < 1.29 is 20.1 Å². The van der Waals surface area contributed by atoms with Gasteiger partial charge in [-0.05, 0) is 71.3 Å². The number of carbonyl (C=O) groups is 1. The summed E-state index contributed by atoms with van der Waals surface area (Å²) in [7, 11) is 3.82. The first kappa shape index (κ1) is 30.5. The number of carboxylic acids is 1. The molecule has 3 rings (SSSR count). The Kier molecular flexibility index (Phi) is 12.7. The van der Waals surface area contributed by atoms with E-state index in [1.807, 2.05) is 21.6 Å². The van der Waals surface area contributed by atoms with Crippen LogP contribution in [0.2, 0.25) is 0 Å². The molecule has 3 heterocycles. The van der Waals surface area contributed by atoms with Crippen molar-refractivity contribution in [2.45, 2.75) is 133 Å². The number of aliphatic hydroxyl groups is 2. The summed E-state index contributed by atoms with van der Waals surface area (Å²) in [6.45, 7) is 5.60. The monoisotopic (exact) mass is 545 g/mol. The number of piperidine rings is 2.